The quantitative estimate of drug-likeness (QED) is 0.412. The van der Waals surface area contributed by atoms with Crippen molar-refractivity contribution in [2.24, 2.45) is 0 Å². The molecule has 8 heteroatoms. The fraction of sp³-hybridized carbons (Fsp3) is 0.435. The number of nitrogens with zero attached hydrogens (tertiary/aromatic N) is 1. The molecule has 0 atom stereocenters. The third-order valence-corrected chi connectivity index (χ3v) is 6.98. The Balaban J connectivity index is 1.40. The average Bonchev–Trinajstić information content (AvgIpc) is 2.81. The van der Waals surface area contributed by atoms with Crippen LogP contribution in [0.15, 0.2) is 53.4 Å². The first-order chi connectivity index (χ1) is 15.0. The zero-order valence-electron chi connectivity index (χ0n) is 17.8. The highest BCUT2D eigenvalue weighted by molar-refractivity contribution is 7.89. The summed E-state index contributed by atoms with van der Waals surface area (Å²) >= 11 is 0. The van der Waals surface area contributed by atoms with Crippen LogP contribution >= 0.6 is 0 Å². The maximum absolute atomic E-state index is 12.6. The number of rotatable bonds is 10. The predicted molar refractivity (Wildman–Crippen MR) is 117 cm³/mol. The van der Waals surface area contributed by atoms with Crippen LogP contribution in [0.3, 0.4) is 0 Å². The third kappa shape index (κ3) is 6.78. The van der Waals surface area contributed by atoms with Crippen molar-refractivity contribution in [3.63, 3.8) is 0 Å². The molecule has 0 saturated carbocycles. The highest BCUT2D eigenvalue weighted by Crippen LogP contribution is 2.18. The molecule has 1 fully saturated rings. The molecule has 7 nitrogen and oxygen atoms in total. The summed E-state index contributed by atoms with van der Waals surface area (Å²) in [5.74, 6) is 0.457. The molecule has 168 valence electrons. The lowest BCUT2D eigenvalue weighted by molar-refractivity contribution is -0.144. The van der Waals surface area contributed by atoms with Crippen molar-refractivity contribution < 1.29 is 27.4 Å². The Morgan fingerprint density at radius 3 is 2.48 bits per heavy atom. The SMILES string of the molecule is CCc1cccc(OCCOC(=O)CCc2ccc(S(=O)(=O)N3CCOCC3)cc2)c1. The molecule has 0 N–H and O–H groups in total. The molecule has 0 aromatic heterocycles. The van der Waals surface area contributed by atoms with Crippen molar-refractivity contribution in [3.05, 3.63) is 59.7 Å². The summed E-state index contributed by atoms with van der Waals surface area (Å²) in [4.78, 5) is 12.2. The van der Waals surface area contributed by atoms with Crippen LogP contribution in [0.2, 0.25) is 0 Å². The van der Waals surface area contributed by atoms with E-state index in [0.717, 1.165) is 17.7 Å². The van der Waals surface area contributed by atoms with Crippen LogP contribution in [0.25, 0.3) is 0 Å². The number of aryl methyl sites for hydroxylation is 2. The van der Waals surface area contributed by atoms with Crippen molar-refractivity contribution in [3.8, 4) is 5.75 Å². The van der Waals surface area contributed by atoms with Crippen LogP contribution < -0.4 is 4.74 Å². The topological polar surface area (TPSA) is 82.1 Å². The highest BCUT2D eigenvalue weighted by atomic mass is 32.2. The van der Waals surface area contributed by atoms with E-state index >= 15 is 0 Å². The second kappa shape index (κ2) is 11.3. The van der Waals surface area contributed by atoms with E-state index in [9.17, 15) is 13.2 Å². The van der Waals surface area contributed by atoms with Crippen molar-refractivity contribution in [1.29, 1.82) is 0 Å². The summed E-state index contributed by atoms with van der Waals surface area (Å²) in [7, 11) is -3.50. The van der Waals surface area contributed by atoms with Gasteiger partial charge in [0, 0.05) is 19.5 Å². The number of benzene rings is 2. The largest absolute Gasteiger partial charge is 0.490 e. The maximum atomic E-state index is 12.6. The van der Waals surface area contributed by atoms with Crippen molar-refractivity contribution in [1.82, 2.24) is 4.31 Å². The molecule has 2 aromatic rings. The number of morpholine rings is 1. The maximum Gasteiger partial charge on any atom is 0.306 e. The minimum atomic E-state index is -3.50. The average molecular weight is 448 g/mol. The number of ether oxygens (including phenoxy) is 3. The Labute approximate surface area is 184 Å². The molecule has 3 rings (SSSR count). The minimum Gasteiger partial charge on any atom is -0.490 e. The Morgan fingerprint density at radius 1 is 1.03 bits per heavy atom. The van der Waals surface area contributed by atoms with Gasteiger partial charge in [0.05, 0.1) is 18.1 Å². The van der Waals surface area contributed by atoms with E-state index in [-0.39, 0.29) is 23.9 Å². The molecule has 1 aliphatic heterocycles. The first-order valence-corrected chi connectivity index (χ1v) is 12.0. The van der Waals surface area contributed by atoms with E-state index in [4.69, 9.17) is 14.2 Å². The monoisotopic (exact) mass is 447 g/mol. The summed E-state index contributed by atoms with van der Waals surface area (Å²) in [6.07, 6.45) is 1.64. The van der Waals surface area contributed by atoms with Crippen LogP contribution in [0, 0.1) is 0 Å². The van der Waals surface area contributed by atoms with Gasteiger partial charge in [-0.25, -0.2) is 8.42 Å². The lowest BCUT2D eigenvalue weighted by Crippen LogP contribution is -2.40. The van der Waals surface area contributed by atoms with Crippen LogP contribution in [0.4, 0.5) is 0 Å². The second-order valence-electron chi connectivity index (χ2n) is 7.23. The van der Waals surface area contributed by atoms with Gasteiger partial charge in [0.1, 0.15) is 19.0 Å². The molecule has 0 unspecified atom stereocenters. The molecular weight excluding hydrogens is 418 g/mol. The van der Waals surface area contributed by atoms with Gasteiger partial charge in [-0.15, -0.1) is 0 Å². The number of carbonyl (C=O) groups is 1. The zero-order chi connectivity index (χ0) is 22.1. The molecule has 0 amide bonds. The van der Waals surface area contributed by atoms with Gasteiger partial charge < -0.3 is 14.2 Å². The van der Waals surface area contributed by atoms with E-state index in [0.29, 0.717) is 39.3 Å². The van der Waals surface area contributed by atoms with Crippen molar-refractivity contribution in [2.45, 2.75) is 31.1 Å². The fourth-order valence-electron chi connectivity index (χ4n) is 3.25. The molecule has 1 saturated heterocycles. The lowest BCUT2D eigenvalue weighted by Gasteiger charge is -2.26. The summed E-state index contributed by atoms with van der Waals surface area (Å²) in [5, 5.41) is 0. The van der Waals surface area contributed by atoms with E-state index in [1.165, 1.54) is 9.87 Å². The van der Waals surface area contributed by atoms with Crippen LogP contribution in [0.5, 0.6) is 5.75 Å². The summed E-state index contributed by atoms with van der Waals surface area (Å²) < 4.78 is 42.7. The summed E-state index contributed by atoms with van der Waals surface area (Å²) in [6, 6.07) is 14.5. The molecule has 0 spiro atoms. The summed E-state index contributed by atoms with van der Waals surface area (Å²) in [6.45, 7) is 4.12. The molecular formula is C23H29NO6S. The highest BCUT2D eigenvalue weighted by Gasteiger charge is 2.26. The molecule has 0 radical (unpaired) electrons. The van der Waals surface area contributed by atoms with Gasteiger partial charge in [0.15, 0.2) is 0 Å². The van der Waals surface area contributed by atoms with Gasteiger partial charge in [-0.1, -0.05) is 31.2 Å². The normalized spacial score (nSPS) is 14.9. The van der Waals surface area contributed by atoms with E-state index < -0.39 is 10.0 Å². The predicted octanol–water partition coefficient (Wildman–Crippen LogP) is 2.82. The van der Waals surface area contributed by atoms with E-state index in [1.807, 2.05) is 24.3 Å². The molecule has 0 aliphatic carbocycles. The van der Waals surface area contributed by atoms with E-state index in [1.54, 1.807) is 24.3 Å². The zero-order valence-corrected chi connectivity index (χ0v) is 18.6. The molecule has 31 heavy (non-hydrogen) atoms. The van der Waals surface area contributed by atoms with Gasteiger partial charge in [-0.3, -0.25) is 4.79 Å². The van der Waals surface area contributed by atoms with Gasteiger partial charge in [-0.2, -0.15) is 4.31 Å². The summed E-state index contributed by atoms with van der Waals surface area (Å²) in [5.41, 5.74) is 2.07. The number of hydrogen-bond donors (Lipinski definition) is 0. The first-order valence-electron chi connectivity index (χ1n) is 10.5. The molecule has 1 heterocycles. The second-order valence-corrected chi connectivity index (χ2v) is 9.17. The third-order valence-electron chi connectivity index (χ3n) is 5.07. The first kappa shape index (κ1) is 23.2. The minimum absolute atomic E-state index is 0.186. The number of sulfonamides is 1. The number of carbonyl (C=O) groups excluding carboxylic acids is 1. The molecule has 0 bridgehead atoms. The van der Waals surface area contributed by atoms with Gasteiger partial charge in [-0.05, 0) is 48.2 Å². The number of esters is 1. The van der Waals surface area contributed by atoms with Gasteiger partial charge in [0.25, 0.3) is 0 Å². The smallest absolute Gasteiger partial charge is 0.306 e. The Kier molecular flexibility index (Phi) is 8.45. The number of hydrogen-bond acceptors (Lipinski definition) is 6. The van der Waals surface area contributed by atoms with Gasteiger partial charge >= 0.3 is 5.97 Å². The Hall–Kier alpha value is -2.42. The lowest BCUT2D eigenvalue weighted by atomic mass is 10.1. The standard InChI is InChI=1S/C23H29NO6S/c1-2-19-4-3-5-21(18-19)29-16-17-30-23(25)11-8-20-6-9-22(10-7-20)31(26,27)24-12-14-28-15-13-24/h3-7,9-10,18H,2,8,11-17H2,1H3. The molecule has 2 aromatic carbocycles. The van der Waals surface area contributed by atoms with Crippen LogP contribution in [0.1, 0.15) is 24.5 Å². The van der Waals surface area contributed by atoms with Crippen LogP contribution in [-0.4, -0.2) is 58.2 Å². The Bertz CT molecular complexity index is 952. The fourth-order valence-corrected chi connectivity index (χ4v) is 4.66. The van der Waals surface area contributed by atoms with Crippen molar-refractivity contribution >= 4 is 16.0 Å². The van der Waals surface area contributed by atoms with Crippen molar-refractivity contribution in [2.75, 3.05) is 39.5 Å². The van der Waals surface area contributed by atoms with E-state index in [2.05, 4.69) is 6.92 Å². The van der Waals surface area contributed by atoms with Crippen LogP contribution in [-0.2, 0) is 37.1 Å². The van der Waals surface area contributed by atoms with Gasteiger partial charge in [0.2, 0.25) is 10.0 Å². The Morgan fingerprint density at radius 2 is 1.77 bits per heavy atom. The molecule has 1 aliphatic rings.